The summed E-state index contributed by atoms with van der Waals surface area (Å²) in [5.41, 5.74) is 1.34. The van der Waals surface area contributed by atoms with Gasteiger partial charge >= 0.3 is 5.97 Å². The van der Waals surface area contributed by atoms with Crippen LogP contribution in [0.4, 0.5) is 0 Å². The molecule has 0 fully saturated rings. The monoisotopic (exact) mass is 366 g/mol. The van der Waals surface area contributed by atoms with E-state index >= 15 is 0 Å². The van der Waals surface area contributed by atoms with Gasteiger partial charge in [-0.15, -0.1) is 0 Å². The van der Waals surface area contributed by atoms with E-state index in [4.69, 9.17) is 9.47 Å². The molecule has 0 heterocycles. The molecule has 142 valence electrons. The van der Waals surface area contributed by atoms with E-state index in [0.29, 0.717) is 23.5 Å². The summed E-state index contributed by atoms with van der Waals surface area (Å²) in [7, 11) is 1.57. The number of hydrogen-bond acceptors (Lipinski definition) is 4. The molecule has 0 atom stereocenters. The van der Waals surface area contributed by atoms with E-state index in [-0.39, 0.29) is 5.78 Å². The second-order valence-electron chi connectivity index (χ2n) is 6.30. The van der Waals surface area contributed by atoms with Crippen molar-refractivity contribution in [3.63, 3.8) is 0 Å². The summed E-state index contributed by atoms with van der Waals surface area (Å²) in [4.78, 5) is 24.0. The quantitative estimate of drug-likeness (QED) is 0.242. The molecule has 0 radical (unpaired) electrons. The molecule has 0 saturated carbocycles. The summed E-state index contributed by atoms with van der Waals surface area (Å²) in [6.45, 7) is 2.15. The van der Waals surface area contributed by atoms with Gasteiger partial charge in [-0.25, -0.2) is 4.79 Å². The minimum absolute atomic E-state index is 0.140. The Balaban J connectivity index is 1.85. The minimum atomic E-state index is -0.428. The lowest BCUT2D eigenvalue weighted by Gasteiger charge is -2.05. The van der Waals surface area contributed by atoms with Gasteiger partial charge in [0.25, 0.3) is 0 Å². The van der Waals surface area contributed by atoms with Crippen LogP contribution in [-0.4, -0.2) is 18.9 Å². The van der Waals surface area contributed by atoms with Crippen LogP contribution in [0.3, 0.4) is 0 Å². The Morgan fingerprint density at radius 1 is 0.889 bits per heavy atom. The van der Waals surface area contributed by atoms with Gasteiger partial charge in [-0.3, -0.25) is 4.79 Å². The van der Waals surface area contributed by atoms with Gasteiger partial charge in [0.2, 0.25) is 0 Å². The smallest absolute Gasteiger partial charge is 0.343 e. The summed E-state index contributed by atoms with van der Waals surface area (Å²) >= 11 is 0. The summed E-state index contributed by atoms with van der Waals surface area (Å²) in [5, 5.41) is 0. The van der Waals surface area contributed by atoms with Crippen molar-refractivity contribution in [1.29, 1.82) is 0 Å². The zero-order valence-electron chi connectivity index (χ0n) is 15.9. The van der Waals surface area contributed by atoms with E-state index in [9.17, 15) is 9.59 Å². The van der Waals surface area contributed by atoms with Crippen LogP contribution in [-0.2, 0) is 4.79 Å². The molecule has 0 aliphatic carbocycles. The standard InChI is InChI=1S/C23H26O4/c1-3-4-5-6-7-20(24)13-8-18-9-14-22(15-10-18)27-23(25)19-11-16-21(26-2)17-12-19/h8-17H,3-7H2,1-2H3/b13-8-. The van der Waals surface area contributed by atoms with Gasteiger partial charge < -0.3 is 9.47 Å². The molecule has 0 N–H and O–H groups in total. The SMILES string of the molecule is CCCCCCC(=O)/C=C\c1ccc(OC(=O)c2ccc(OC)cc2)cc1. The molecule has 0 aromatic heterocycles. The van der Waals surface area contributed by atoms with E-state index in [1.54, 1.807) is 55.7 Å². The number of ether oxygens (including phenoxy) is 2. The van der Waals surface area contributed by atoms with Gasteiger partial charge in [-0.2, -0.15) is 0 Å². The lowest BCUT2D eigenvalue weighted by Crippen LogP contribution is -2.08. The van der Waals surface area contributed by atoms with E-state index < -0.39 is 5.97 Å². The number of methoxy groups -OCH3 is 1. The number of ketones is 1. The number of rotatable bonds is 10. The first kappa shape index (κ1) is 20.4. The van der Waals surface area contributed by atoms with Crippen LogP contribution in [0.1, 0.15) is 54.9 Å². The molecule has 4 heteroatoms. The molecule has 0 bridgehead atoms. The van der Waals surface area contributed by atoms with Gasteiger partial charge in [-0.1, -0.05) is 44.4 Å². The Kier molecular flexibility index (Phi) is 8.30. The summed E-state index contributed by atoms with van der Waals surface area (Å²) in [6, 6.07) is 13.8. The number of carbonyl (C=O) groups excluding carboxylic acids is 2. The fourth-order valence-electron chi connectivity index (χ4n) is 2.54. The molecule has 0 saturated heterocycles. The molecular weight excluding hydrogens is 340 g/mol. The Hall–Kier alpha value is -2.88. The predicted octanol–water partition coefficient (Wildman–Crippen LogP) is 5.47. The van der Waals surface area contributed by atoms with Gasteiger partial charge in [0.15, 0.2) is 5.78 Å². The topological polar surface area (TPSA) is 52.6 Å². The van der Waals surface area contributed by atoms with Crippen molar-refractivity contribution >= 4 is 17.8 Å². The van der Waals surface area contributed by atoms with Crippen LogP contribution >= 0.6 is 0 Å². The van der Waals surface area contributed by atoms with E-state index in [1.165, 1.54) is 12.8 Å². The van der Waals surface area contributed by atoms with Crippen LogP contribution < -0.4 is 9.47 Å². The molecule has 4 nitrogen and oxygen atoms in total. The first-order valence-corrected chi connectivity index (χ1v) is 9.29. The second kappa shape index (κ2) is 11.0. The molecule has 0 aliphatic rings. The van der Waals surface area contributed by atoms with Crippen molar-refractivity contribution in [1.82, 2.24) is 0 Å². The molecule has 2 aromatic rings. The highest BCUT2D eigenvalue weighted by molar-refractivity contribution is 5.93. The maximum Gasteiger partial charge on any atom is 0.343 e. The lowest BCUT2D eigenvalue weighted by molar-refractivity contribution is -0.114. The highest BCUT2D eigenvalue weighted by atomic mass is 16.5. The van der Waals surface area contributed by atoms with Crippen LogP contribution in [0.2, 0.25) is 0 Å². The van der Waals surface area contributed by atoms with Crippen molar-refractivity contribution in [2.45, 2.75) is 39.0 Å². The summed E-state index contributed by atoms with van der Waals surface area (Å²) < 4.78 is 10.4. The Bertz CT molecular complexity index is 758. The second-order valence-corrected chi connectivity index (χ2v) is 6.30. The maximum absolute atomic E-state index is 12.1. The van der Waals surface area contributed by atoms with E-state index in [1.807, 2.05) is 12.1 Å². The number of esters is 1. The van der Waals surface area contributed by atoms with Crippen molar-refractivity contribution in [3.8, 4) is 11.5 Å². The van der Waals surface area contributed by atoms with Crippen molar-refractivity contribution < 1.29 is 19.1 Å². The van der Waals surface area contributed by atoms with Gasteiger partial charge in [0.1, 0.15) is 11.5 Å². The van der Waals surface area contributed by atoms with Crippen molar-refractivity contribution in [3.05, 3.63) is 65.7 Å². The van der Waals surface area contributed by atoms with E-state index in [2.05, 4.69) is 6.92 Å². The van der Waals surface area contributed by atoms with Crippen LogP contribution in [0.5, 0.6) is 11.5 Å². The molecule has 0 spiro atoms. The highest BCUT2D eigenvalue weighted by Gasteiger charge is 2.08. The Labute approximate surface area is 160 Å². The largest absolute Gasteiger partial charge is 0.497 e. The van der Waals surface area contributed by atoms with Crippen molar-refractivity contribution in [2.75, 3.05) is 7.11 Å². The summed E-state index contributed by atoms with van der Waals surface area (Å²) in [6.07, 6.45) is 8.38. The van der Waals surface area contributed by atoms with Crippen LogP contribution in [0, 0.1) is 0 Å². The highest BCUT2D eigenvalue weighted by Crippen LogP contribution is 2.17. The fraction of sp³-hybridized carbons (Fsp3) is 0.304. The molecule has 2 aromatic carbocycles. The maximum atomic E-state index is 12.1. The molecular formula is C23H26O4. The number of allylic oxidation sites excluding steroid dienone is 1. The third kappa shape index (κ3) is 7.10. The molecule has 2 rings (SSSR count). The molecule has 27 heavy (non-hydrogen) atoms. The average molecular weight is 366 g/mol. The van der Waals surface area contributed by atoms with Crippen LogP contribution in [0.15, 0.2) is 54.6 Å². The normalized spacial score (nSPS) is 10.7. The lowest BCUT2D eigenvalue weighted by atomic mass is 10.1. The number of hydrogen-bond donors (Lipinski definition) is 0. The van der Waals surface area contributed by atoms with Gasteiger partial charge in [-0.05, 0) is 54.5 Å². The first-order chi connectivity index (χ1) is 13.1. The number of benzene rings is 2. The number of unbranched alkanes of at least 4 members (excludes halogenated alkanes) is 3. The van der Waals surface area contributed by atoms with Gasteiger partial charge in [0, 0.05) is 6.42 Å². The molecule has 0 amide bonds. The summed E-state index contributed by atoms with van der Waals surface area (Å²) in [5.74, 6) is 0.853. The van der Waals surface area contributed by atoms with Crippen molar-refractivity contribution in [2.24, 2.45) is 0 Å². The zero-order valence-corrected chi connectivity index (χ0v) is 15.9. The Morgan fingerprint density at radius 2 is 1.56 bits per heavy atom. The predicted molar refractivity (Wildman–Crippen MR) is 107 cm³/mol. The Morgan fingerprint density at radius 3 is 2.19 bits per heavy atom. The minimum Gasteiger partial charge on any atom is -0.497 e. The molecule has 0 unspecified atom stereocenters. The first-order valence-electron chi connectivity index (χ1n) is 9.29. The third-order valence-corrected chi connectivity index (χ3v) is 4.15. The fourth-order valence-corrected chi connectivity index (χ4v) is 2.54. The number of carbonyl (C=O) groups is 2. The third-order valence-electron chi connectivity index (χ3n) is 4.15. The van der Waals surface area contributed by atoms with Gasteiger partial charge in [0.05, 0.1) is 12.7 Å². The van der Waals surface area contributed by atoms with Crippen LogP contribution in [0.25, 0.3) is 6.08 Å². The molecule has 0 aliphatic heterocycles. The zero-order chi connectivity index (χ0) is 19.5. The van der Waals surface area contributed by atoms with E-state index in [0.717, 1.165) is 18.4 Å². The average Bonchev–Trinajstić information content (AvgIpc) is 2.70.